The number of halogens is 2. The van der Waals surface area contributed by atoms with Gasteiger partial charge in [0.25, 0.3) is 10.1 Å². The molecular weight excluding hydrogens is 736 g/mol. The Bertz CT molecular complexity index is 2100. The van der Waals surface area contributed by atoms with E-state index in [4.69, 9.17) is 23.2 Å². The molecule has 0 spiro atoms. The summed E-state index contributed by atoms with van der Waals surface area (Å²) in [6.07, 6.45) is 0. The molecule has 0 bridgehead atoms. The normalized spacial score (nSPS) is 11.8. The molecule has 26 heteroatoms. The van der Waals surface area contributed by atoms with Gasteiger partial charge in [-0.1, -0.05) is 0 Å². The molecule has 2 N–H and O–H groups in total. The van der Waals surface area contributed by atoms with Crippen LogP contribution in [-0.4, -0.2) is 63.6 Å². The number of hydrogen-bond donors (Lipinski definition) is 2. The van der Waals surface area contributed by atoms with Crippen LogP contribution in [0.5, 0.6) is 5.88 Å². The number of aryl methyl sites for hydroxylation is 1. The van der Waals surface area contributed by atoms with E-state index in [-0.39, 0.29) is 117 Å². The molecule has 0 aliphatic carbocycles. The quantitative estimate of drug-likeness (QED) is 0.0962. The van der Waals surface area contributed by atoms with Gasteiger partial charge in [-0.15, -0.1) is 10.2 Å². The van der Waals surface area contributed by atoms with E-state index in [2.05, 4.69) is 35.6 Å². The Kier molecular flexibility index (Phi) is 15.0. The van der Waals surface area contributed by atoms with E-state index in [0.29, 0.717) is 22.9 Å². The van der Waals surface area contributed by atoms with Crippen LogP contribution in [-0.2, 0) is 30.4 Å². The van der Waals surface area contributed by atoms with Crippen LogP contribution in [0.25, 0.3) is 5.69 Å². The van der Waals surface area contributed by atoms with Crippen molar-refractivity contribution >= 4 is 76.6 Å². The number of nitrogens with zero attached hydrogens (tertiary/aromatic N) is 7. The van der Waals surface area contributed by atoms with Crippen LogP contribution in [0.3, 0.4) is 0 Å². The summed E-state index contributed by atoms with van der Waals surface area (Å²) in [6.45, 7) is 1.20. The van der Waals surface area contributed by atoms with Gasteiger partial charge in [-0.05, 0) is 66.5 Å². The van der Waals surface area contributed by atoms with Gasteiger partial charge < -0.3 is 19.5 Å². The summed E-state index contributed by atoms with van der Waals surface area (Å²) in [7, 11) is -15.3. The zero-order chi connectivity index (χ0) is 31.2. The van der Waals surface area contributed by atoms with E-state index in [0.717, 1.165) is 18.2 Å². The van der Waals surface area contributed by atoms with Crippen molar-refractivity contribution in [3.63, 3.8) is 0 Å². The molecule has 0 radical (unpaired) electrons. The van der Waals surface area contributed by atoms with Gasteiger partial charge in [0.2, 0.25) is 16.5 Å². The number of anilines is 2. The molecule has 2 aromatic carbocycles. The minimum Gasteiger partial charge on any atom is -0.857 e. The fourth-order valence-corrected chi connectivity index (χ4v) is 5.41. The predicted molar refractivity (Wildman–Crippen MR) is 137 cm³/mol. The summed E-state index contributed by atoms with van der Waals surface area (Å²) < 4.78 is 103. The van der Waals surface area contributed by atoms with E-state index in [1.807, 2.05) is 0 Å². The van der Waals surface area contributed by atoms with Gasteiger partial charge in [-0.2, -0.15) is 28.5 Å². The Morgan fingerprint density at radius 2 is 1.42 bits per heavy atom. The molecule has 0 atom stereocenters. The second-order valence-corrected chi connectivity index (χ2v) is 12.7. The van der Waals surface area contributed by atoms with Gasteiger partial charge in [0.15, 0.2) is 0 Å². The van der Waals surface area contributed by atoms with Gasteiger partial charge in [0, 0.05) is 11.6 Å². The average molecular weight is 747 g/mol. The minimum absolute atomic E-state index is 0. The molecule has 4 rings (SSSR count). The molecule has 45 heavy (non-hydrogen) atoms. The van der Waals surface area contributed by atoms with E-state index >= 15 is 0 Å². The van der Waals surface area contributed by atoms with Gasteiger partial charge in [0.1, 0.15) is 36.5 Å². The first-order valence-electron chi connectivity index (χ1n) is 10.5. The molecule has 18 nitrogen and oxygen atoms in total. The summed E-state index contributed by atoms with van der Waals surface area (Å²) in [6, 6.07) is 4.70. The summed E-state index contributed by atoms with van der Waals surface area (Å²) in [4.78, 5) is 8.32. The van der Waals surface area contributed by atoms with Gasteiger partial charge in [-0.25, -0.2) is 21.5 Å². The molecule has 2 heterocycles. The number of benzene rings is 2. The summed E-state index contributed by atoms with van der Waals surface area (Å²) in [5, 5.41) is 26.3. The Morgan fingerprint density at radius 3 is 1.96 bits per heavy atom. The van der Waals surface area contributed by atoms with Crippen LogP contribution in [0.15, 0.2) is 61.3 Å². The fraction of sp³-hybridized carbons (Fsp3) is 0.0526. The zero-order valence-electron chi connectivity index (χ0n) is 23.2. The minimum atomic E-state index is -5.14. The van der Waals surface area contributed by atoms with Crippen LogP contribution >= 0.6 is 23.2 Å². The van der Waals surface area contributed by atoms with E-state index in [9.17, 15) is 44.0 Å². The second-order valence-electron chi connectivity index (χ2n) is 7.87. The largest absolute Gasteiger partial charge is 1.00 e. The maximum absolute atomic E-state index is 13.1. The third-order valence-corrected chi connectivity index (χ3v) is 7.99. The fourth-order valence-electron chi connectivity index (χ4n) is 3.31. The van der Waals surface area contributed by atoms with Crippen LogP contribution in [0.4, 0.5) is 23.0 Å². The smallest absolute Gasteiger partial charge is 0.857 e. The van der Waals surface area contributed by atoms with Crippen molar-refractivity contribution in [3.8, 4) is 11.6 Å². The van der Waals surface area contributed by atoms with Crippen molar-refractivity contribution in [2.45, 2.75) is 21.6 Å². The second kappa shape index (κ2) is 16.0. The maximum Gasteiger partial charge on any atom is 1.00 e. The molecule has 4 aromatic rings. The Labute approximate surface area is 331 Å². The standard InChI is InChI=1S/C19H14Cl2N8O10S3.3Na/c1-8-15(16(30)29(28-8)12-7-10(40(31,32)33)3-5-14(12)42(37,38)39)27-26-11-6-9(2-4-13(11)41(34,35)36)22-19-24-17(20)23-18(21)25-19;;;/h2-7,30H,1H3,(H,31,32,33)(H,34,35,36)(H,37,38,39)(H,22,23,24,25);;;/q;3*+1/p-3. The molecule has 0 aliphatic heterocycles. The third-order valence-electron chi connectivity index (χ3n) is 5.04. The van der Waals surface area contributed by atoms with Crippen LogP contribution in [0.2, 0.25) is 10.6 Å². The predicted octanol–water partition coefficient (Wildman–Crippen LogP) is -7.03. The SMILES string of the molecule is Cc1nn(-c2cc(S(=O)(=O)[O-])ccc2S(=O)(=O)O)c([O-])c1N=Nc1cc(Nc2nc(Cl)nc(Cl)n2)ccc1S(=O)(=O)[O-].[Na+].[Na+].[Na+]. The molecular formula is C19H11Cl2N8Na3O10S3. The number of rotatable bonds is 8. The first kappa shape index (κ1) is 42.2. The first-order valence-corrected chi connectivity index (χ1v) is 15.6. The Hall–Kier alpha value is -0.830. The summed E-state index contributed by atoms with van der Waals surface area (Å²) in [5.74, 6) is -1.39. The van der Waals surface area contributed by atoms with Crippen molar-refractivity contribution in [3.05, 3.63) is 52.7 Å². The molecule has 0 aliphatic rings. The van der Waals surface area contributed by atoms with E-state index in [1.165, 1.54) is 6.92 Å². The summed E-state index contributed by atoms with van der Waals surface area (Å²) in [5.41, 5.74) is -2.19. The molecule has 0 fully saturated rings. The Morgan fingerprint density at radius 1 is 0.844 bits per heavy atom. The van der Waals surface area contributed by atoms with Crippen molar-refractivity contribution < 1.29 is 133 Å². The van der Waals surface area contributed by atoms with Crippen molar-refractivity contribution in [1.82, 2.24) is 24.7 Å². The van der Waals surface area contributed by atoms with E-state index < -0.39 is 68.0 Å². The monoisotopic (exact) mass is 746 g/mol. The number of aromatic nitrogens is 5. The van der Waals surface area contributed by atoms with Crippen molar-refractivity contribution in [2.75, 3.05) is 5.32 Å². The van der Waals surface area contributed by atoms with Crippen LogP contribution in [0.1, 0.15) is 5.69 Å². The third kappa shape index (κ3) is 10.3. The first-order chi connectivity index (χ1) is 19.3. The van der Waals surface area contributed by atoms with Gasteiger partial charge in [-0.3, -0.25) is 4.55 Å². The molecule has 0 unspecified atom stereocenters. The maximum atomic E-state index is 13.1. The van der Waals surface area contributed by atoms with Gasteiger partial charge in [0.05, 0.1) is 21.2 Å². The van der Waals surface area contributed by atoms with Crippen molar-refractivity contribution in [2.24, 2.45) is 10.2 Å². The number of hydrogen-bond acceptors (Lipinski definition) is 16. The molecule has 0 saturated heterocycles. The van der Waals surface area contributed by atoms with Gasteiger partial charge >= 0.3 is 88.7 Å². The van der Waals surface area contributed by atoms with E-state index in [1.54, 1.807) is 0 Å². The van der Waals surface area contributed by atoms with Crippen LogP contribution in [0, 0.1) is 6.92 Å². The number of azo groups is 1. The van der Waals surface area contributed by atoms with Crippen LogP contribution < -0.4 is 99.1 Å². The molecule has 0 amide bonds. The summed E-state index contributed by atoms with van der Waals surface area (Å²) >= 11 is 11.4. The Balaban J connectivity index is 0.00000337. The molecule has 0 saturated carbocycles. The number of nitrogens with one attached hydrogen (secondary N) is 1. The topological polar surface area (TPSA) is 285 Å². The molecule has 2 aromatic heterocycles. The average Bonchev–Trinajstić information content (AvgIpc) is 3.13. The van der Waals surface area contributed by atoms with Crippen molar-refractivity contribution in [1.29, 1.82) is 0 Å². The zero-order valence-corrected chi connectivity index (χ0v) is 33.2. The molecule has 222 valence electrons.